The van der Waals surface area contributed by atoms with Crippen molar-refractivity contribution in [3.8, 4) is 5.88 Å². The van der Waals surface area contributed by atoms with Crippen molar-refractivity contribution in [2.45, 2.75) is 32.7 Å². The van der Waals surface area contributed by atoms with Gasteiger partial charge < -0.3 is 14.7 Å². The topological polar surface area (TPSA) is 75.5 Å². The number of nitrogens with zero attached hydrogens (tertiary/aromatic N) is 3. The highest BCUT2D eigenvalue weighted by atomic mass is 16.5. The van der Waals surface area contributed by atoms with E-state index in [4.69, 9.17) is 9.84 Å². The molecule has 19 heavy (non-hydrogen) atoms. The van der Waals surface area contributed by atoms with Crippen molar-refractivity contribution < 1.29 is 14.6 Å². The van der Waals surface area contributed by atoms with Crippen molar-refractivity contribution >= 4 is 11.8 Å². The Morgan fingerprint density at radius 2 is 2.37 bits per heavy atom. The third kappa shape index (κ3) is 3.33. The molecule has 0 spiro atoms. The van der Waals surface area contributed by atoms with Crippen LogP contribution in [0.15, 0.2) is 12.4 Å². The van der Waals surface area contributed by atoms with Crippen LogP contribution in [0.2, 0.25) is 0 Å². The van der Waals surface area contributed by atoms with Crippen LogP contribution < -0.4 is 9.64 Å². The molecule has 1 aliphatic heterocycles. The van der Waals surface area contributed by atoms with Crippen LogP contribution in [0.3, 0.4) is 0 Å². The maximum absolute atomic E-state index is 11.2. The molecule has 0 bridgehead atoms. The second-order valence-electron chi connectivity index (χ2n) is 5.11. The minimum atomic E-state index is -0.812. The van der Waals surface area contributed by atoms with Crippen LogP contribution in [0.1, 0.15) is 26.7 Å². The Labute approximate surface area is 112 Å². The van der Waals surface area contributed by atoms with E-state index in [9.17, 15) is 4.79 Å². The first-order valence-corrected chi connectivity index (χ1v) is 6.52. The maximum Gasteiger partial charge on any atom is 0.326 e. The lowest BCUT2D eigenvalue weighted by molar-refractivity contribution is -0.138. The van der Waals surface area contributed by atoms with Gasteiger partial charge in [0.15, 0.2) is 5.82 Å². The van der Waals surface area contributed by atoms with E-state index < -0.39 is 12.0 Å². The highest BCUT2D eigenvalue weighted by Crippen LogP contribution is 2.24. The average molecular weight is 265 g/mol. The average Bonchev–Trinajstić information content (AvgIpc) is 2.86. The number of hydrogen-bond donors (Lipinski definition) is 1. The van der Waals surface area contributed by atoms with Crippen LogP contribution >= 0.6 is 0 Å². The number of hydrogen-bond acceptors (Lipinski definition) is 5. The van der Waals surface area contributed by atoms with E-state index in [-0.39, 0.29) is 0 Å². The van der Waals surface area contributed by atoms with Gasteiger partial charge in [0.2, 0.25) is 5.88 Å². The van der Waals surface area contributed by atoms with Crippen molar-refractivity contribution in [1.82, 2.24) is 9.97 Å². The van der Waals surface area contributed by atoms with Crippen molar-refractivity contribution in [1.29, 1.82) is 0 Å². The molecule has 1 aromatic heterocycles. The van der Waals surface area contributed by atoms with Gasteiger partial charge in [-0.3, -0.25) is 4.98 Å². The first-order chi connectivity index (χ1) is 9.08. The van der Waals surface area contributed by atoms with Gasteiger partial charge in [0, 0.05) is 6.54 Å². The lowest BCUT2D eigenvalue weighted by Gasteiger charge is -2.22. The smallest absolute Gasteiger partial charge is 0.326 e. The molecule has 1 fully saturated rings. The fraction of sp³-hybridized carbons (Fsp3) is 0.615. The molecule has 0 unspecified atom stereocenters. The summed E-state index contributed by atoms with van der Waals surface area (Å²) in [7, 11) is 0. The molecule has 2 rings (SSSR count). The zero-order valence-corrected chi connectivity index (χ0v) is 11.2. The van der Waals surface area contributed by atoms with Crippen LogP contribution in [0.4, 0.5) is 5.82 Å². The molecule has 0 radical (unpaired) electrons. The molecule has 6 heteroatoms. The zero-order valence-electron chi connectivity index (χ0n) is 11.2. The summed E-state index contributed by atoms with van der Waals surface area (Å²) in [5.41, 5.74) is 0. The van der Waals surface area contributed by atoms with Gasteiger partial charge in [-0.15, -0.1) is 0 Å². The summed E-state index contributed by atoms with van der Waals surface area (Å²) >= 11 is 0. The maximum atomic E-state index is 11.2. The van der Waals surface area contributed by atoms with E-state index in [1.165, 1.54) is 0 Å². The molecule has 0 aromatic carbocycles. The lowest BCUT2D eigenvalue weighted by Crippen LogP contribution is -2.36. The number of aromatic nitrogens is 2. The molecule has 1 N–H and O–H groups in total. The predicted octanol–water partition coefficient (Wildman–Crippen LogP) is 1.56. The molecule has 1 aromatic rings. The summed E-state index contributed by atoms with van der Waals surface area (Å²) in [6.07, 6.45) is 4.64. The molecule has 1 saturated heterocycles. The Balaban J connectivity index is 2.11. The fourth-order valence-corrected chi connectivity index (χ4v) is 2.10. The first-order valence-electron chi connectivity index (χ1n) is 6.52. The minimum absolute atomic E-state index is 0.406. The van der Waals surface area contributed by atoms with Gasteiger partial charge >= 0.3 is 5.97 Å². The Morgan fingerprint density at radius 3 is 3.05 bits per heavy atom. The van der Waals surface area contributed by atoms with Crippen LogP contribution in [0.5, 0.6) is 5.88 Å². The third-order valence-corrected chi connectivity index (χ3v) is 3.00. The molecular weight excluding hydrogens is 246 g/mol. The Hall–Kier alpha value is -1.85. The van der Waals surface area contributed by atoms with Crippen LogP contribution in [-0.2, 0) is 4.79 Å². The summed E-state index contributed by atoms with van der Waals surface area (Å²) < 4.78 is 5.52. The summed E-state index contributed by atoms with van der Waals surface area (Å²) in [6, 6.07) is -0.505. The minimum Gasteiger partial charge on any atom is -0.480 e. The van der Waals surface area contributed by atoms with Crippen molar-refractivity contribution in [2.75, 3.05) is 18.1 Å². The summed E-state index contributed by atoms with van der Waals surface area (Å²) in [4.78, 5) is 21.4. The molecule has 0 saturated carbocycles. The monoisotopic (exact) mass is 265 g/mol. The Kier molecular flexibility index (Phi) is 4.19. The van der Waals surface area contributed by atoms with E-state index in [1.54, 1.807) is 17.3 Å². The van der Waals surface area contributed by atoms with E-state index in [0.29, 0.717) is 37.2 Å². The molecule has 2 heterocycles. The summed E-state index contributed by atoms with van der Waals surface area (Å²) in [5, 5.41) is 9.17. The zero-order chi connectivity index (χ0) is 13.8. The first kappa shape index (κ1) is 13.6. The van der Waals surface area contributed by atoms with E-state index in [0.717, 1.165) is 6.42 Å². The lowest BCUT2D eigenvalue weighted by atomic mass is 10.2. The Morgan fingerprint density at radius 1 is 1.58 bits per heavy atom. The number of carbonyl (C=O) groups is 1. The number of aliphatic carboxylic acids is 1. The van der Waals surface area contributed by atoms with Crippen molar-refractivity contribution in [2.24, 2.45) is 5.92 Å². The standard InChI is InChI=1S/C13H19N3O3/c1-9(2)8-19-12-7-14-6-11(15-12)16-5-3-4-10(16)13(17)18/h6-7,9-10H,3-5,8H2,1-2H3,(H,17,18)/t10-/m1/s1. The number of anilines is 1. The second kappa shape index (κ2) is 5.86. The van der Waals surface area contributed by atoms with Gasteiger partial charge in [0.1, 0.15) is 6.04 Å². The number of carboxylic acids is 1. The predicted molar refractivity (Wildman–Crippen MR) is 70.4 cm³/mol. The summed E-state index contributed by atoms with van der Waals surface area (Å²) in [5.74, 6) is 0.616. The highest BCUT2D eigenvalue weighted by Gasteiger charge is 2.31. The largest absolute Gasteiger partial charge is 0.480 e. The van der Waals surface area contributed by atoms with E-state index >= 15 is 0 Å². The Bertz CT molecular complexity index is 451. The van der Waals surface area contributed by atoms with Crippen molar-refractivity contribution in [3.63, 3.8) is 0 Å². The SMILES string of the molecule is CC(C)COc1cncc(N2CCC[C@@H]2C(=O)O)n1. The highest BCUT2D eigenvalue weighted by molar-refractivity contribution is 5.78. The van der Waals surface area contributed by atoms with E-state index in [1.807, 2.05) is 0 Å². The normalized spacial score (nSPS) is 18.9. The third-order valence-electron chi connectivity index (χ3n) is 3.00. The molecule has 6 nitrogen and oxygen atoms in total. The van der Waals surface area contributed by atoms with Crippen LogP contribution in [0, 0.1) is 5.92 Å². The van der Waals surface area contributed by atoms with Crippen LogP contribution in [0.25, 0.3) is 0 Å². The quantitative estimate of drug-likeness (QED) is 0.870. The van der Waals surface area contributed by atoms with Gasteiger partial charge in [-0.2, -0.15) is 4.98 Å². The molecule has 104 valence electrons. The van der Waals surface area contributed by atoms with E-state index in [2.05, 4.69) is 23.8 Å². The molecular formula is C13H19N3O3. The van der Waals surface area contributed by atoms with Crippen molar-refractivity contribution in [3.05, 3.63) is 12.4 Å². The number of rotatable bonds is 5. The second-order valence-corrected chi connectivity index (χ2v) is 5.11. The molecule has 0 amide bonds. The number of ether oxygens (including phenoxy) is 1. The molecule has 1 aliphatic rings. The van der Waals surface area contributed by atoms with Gasteiger partial charge in [0.25, 0.3) is 0 Å². The molecule has 0 aliphatic carbocycles. The van der Waals surface area contributed by atoms with Gasteiger partial charge in [-0.1, -0.05) is 13.8 Å². The van der Waals surface area contributed by atoms with Gasteiger partial charge in [-0.25, -0.2) is 4.79 Å². The van der Waals surface area contributed by atoms with Crippen LogP contribution in [-0.4, -0.2) is 40.2 Å². The van der Waals surface area contributed by atoms with Gasteiger partial charge in [-0.05, 0) is 18.8 Å². The van der Waals surface area contributed by atoms with Gasteiger partial charge in [0.05, 0.1) is 19.0 Å². The fourth-order valence-electron chi connectivity index (χ4n) is 2.10. The molecule has 1 atom stereocenters. The number of carboxylic acid groups (broad SMARTS) is 1. The summed E-state index contributed by atoms with van der Waals surface area (Å²) in [6.45, 7) is 5.37.